The number of amides is 2. The zero-order chi connectivity index (χ0) is 30.4. The van der Waals surface area contributed by atoms with E-state index in [1.165, 1.54) is 4.90 Å². The fourth-order valence-corrected chi connectivity index (χ4v) is 5.69. The van der Waals surface area contributed by atoms with Crippen LogP contribution >= 0.6 is 23.2 Å². The smallest absolute Gasteiger partial charge is 0.244 e. The number of benzene rings is 3. The van der Waals surface area contributed by atoms with Crippen LogP contribution in [0.25, 0.3) is 0 Å². The van der Waals surface area contributed by atoms with E-state index in [0.29, 0.717) is 27.7 Å². The van der Waals surface area contributed by atoms with Crippen molar-refractivity contribution in [1.29, 1.82) is 0 Å². The lowest BCUT2D eigenvalue weighted by atomic mass is 10.0. The lowest BCUT2D eigenvalue weighted by molar-refractivity contribution is -0.140. The number of nitrogens with one attached hydrogen (secondary N) is 1. The summed E-state index contributed by atoms with van der Waals surface area (Å²) in [6.07, 6.45) is 1.87. The molecule has 10 heteroatoms. The Labute approximate surface area is 253 Å². The van der Waals surface area contributed by atoms with Crippen molar-refractivity contribution in [2.75, 3.05) is 17.1 Å². The molecule has 0 aliphatic rings. The van der Waals surface area contributed by atoms with E-state index in [0.717, 1.165) is 21.7 Å². The van der Waals surface area contributed by atoms with Gasteiger partial charge in [-0.3, -0.25) is 13.9 Å². The minimum atomic E-state index is -3.85. The van der Waals surface area contributed by atoms with Crippen LogP contribution in [0.4, 0.5) is 5.69 Å². The van der Waals surface area contributed by atoms with Crippen LogP contribution in [-0.4, -0.2) is 49.5 Å². The number of carbonyl (C=O) groups excluding carboxylic acids is 2. The molecule has 3 rings (SSSR count). The van der Waals surface area contributed by atoms with Gasteiger partial charge in [0, 0.05) is 18.5 Å². The number of nitrogens with zero attached hydrogens (tertiary/aromatic N) is 2. The first-order valence-corrected chi connectivity index (χ1v) is 15.9. The van der Waals surface area contributed by atoms with Crippen LogP contribution in [0.5, 0.6) is 0 Å². The summed E-state index contributed by atoms with van der Waals surface area (Å²) in [5.41, 5.74) is 2.15. The number of rotatable bonds is 11. The number of sulfonamides is 1. The Bertz CT molecular complexity index is 1470. The third-order valence-electron chi connectivity index (χ3n) is 6.43. The highest BCUT2D eigenvalue weighted by Gasteiger charge is 2.34. The van der Waals surface area contributed by atoms with Gasteiger partial charge in [0.15, 0.2) is 0 Å². The second-order valence-corrected chi connectivity index (χ2v) is 13.7. The van der Waals surface area contributed by atoms with Gasteiger partial charge in [0.2, 0.25) is 21.8 Å². The normalized spacial score (nSPS) is 12.5. The maximum absolute atomic E-state index is 14.2. The third kappa shape index (κ3) is 9.21. The molecular formula is C31H37Cl2N3O4S. The Kier molecular flexibility index (Phi) is 10.9. The first-order chi connectivity index (χ1) is 19.2. The van der Waals surface area contributed by atoms with Crippen LogP contribution in [0.3, 0.4) is 0 Å². The second-order valence-electron chi connectivity index (χ2n) is 11.0. The maximum atomic E-state index is 14.2. The summed E-state index contributed by atoms with van der Waals surface area (Å²) in [6.45, 7) is 7.04. The lowest BCUT2D eigenvalue weighted by Gasteiger charge is -2.35. The number of carbonyl (C=O) groups is 2. The molecule has 0 aliphatic carbocycles. The van der Waals surface area contributed by atoms with Crippen molar-refractivity contribution in [1.82, 2.24) is 10.2 Å². The molecule has 0 saturated carbocycles. The number of hydrogen-bond acceptors (Lipinski definition) is 4. The van der Waals surface area contributed by atoms with Crippen molar-refractivity contribution < 1.29 is 18.0 Å². The summed E-state index contributed by atoms with van der Waals surface area (Å²) >= 11 is 12.4. The van der Waals surface area contributed by atoms with Gasteiger partial charge < -0.3 is 10.2 Å². The molecule has 1 atom stereocenters. The standard InChI is InChI=1S/C31H37Cl2N3O4S/c1-6-24-14-10-11-15-27(24)36(41(5,39)40)21-29(37)35(20-23-16-17-25(32)26(33)18-23)28(30(38)34-31(2,3)4)19-22-12-8-7-9-13-22/h7-18,28H,6,19-21H2,1-5H3,(H,34,38)/t28-/m0/s1. The third-order valence-corrected chi connectivity index (χ3v) is 8.29. The van der Waals surface area contributed by atoms with Gasteiger partial charge in [-0.05, 0) is 62.1 Å². The lowest BCUT2D eigenvalue weighted by Crippen LogP contribution is -2.56. The Morgan fingerprint density at radius 3 is 2.12 bits per heavy atom. The maximum Gasteiger partial charge on any atom is 0.244 e. The van der Waals surface area contributed by atoms with Crippen LogP contribution in [0, 0.1) is 0 Å². The predicted octanol–water partition coefficient (Wildman–Crippen LogP) is 5.88. The zero-order valence-corrected chi connectivity index (χ0v) is 26.4. The molecule has 7 nitrogen and oxygen atoms in total. The average Bonchev–Trinajstić information content (AvgIpc) is 2.90. The average molecular weight is 619 g/mol. The van der Waals surface area contributed by atoms with E-state index in [1.54, 1.807) is 30.3 Å². The molecule has 2 amide bonds. The van der Waals surface area contributed by atoms with Gasteiger partial charge in [0.1, 0.15) is 12.6 Å². The van der Waals surface area contributed by atoms with E-state index in [4.69, 9.17) is 23.2 Å². The Morgan fingerprint density at radius 1 is 0.902 bits per heavy atom. The van der Waals surface area contributed by atoms with Gasteiger partial charge in [-0.1, -0.05) is 84.7 Å². The molecule has 0 aromatic heterocycles. The molecule has 0 bridgehead atoms. The van der Waals surface area contributed by atoms with Crippen LogP contribution in [0.1, 0.15) is 44.4 Å². The number of halogens is 2. The fraction of sp³-hybridized carbons (Fsp3) is 0.355. The summed E-state index contributed by atoms with van der Waals surface area (Å²) in [6, 6.07) is 20.5. The van der Waals surface area contributed by atoms with E-state index in [-0.39, 0.29) is 18.9 Å². The van der Waals surface area contributed by atoms with Crippen molar-refractivity contribution in [3.63, 3.8) is 0 Å². The van der Waals surface area contributed by atoms with Crippen LogP contribution in [0.15, 0.2) is 72.8 Å². The number of hydrogen-bond donors (Lipinski definition) is 1. The predicted molar refractivity (Wildman–Crippen MR) is 167 cm³/mol. The molecule has 0 unspecified atom stereocenters. The van der Waals surface area contributed by atoms with E-state index >= 15 is 0 Å². The summed E-state index contributed by atoms with van der Waals surface area (Å²) in [7, 11) is -3.85. The highest BCUT2D eigenvalue weighted by Crippen LogP contribution is 2.27. The van der Waals surface area contributed by atoms with Gasteiger partial charge in [-0.25, -0.2) is 8.42 Å². The first kappa shape index (κ1) is 32.4. The minimum absolute atomic E-state index is 0.0117. The van der Waals surface area contributed by atoms with Gasteiger partial charge in [0.25, 0.3) is 0 Å². The topological polar surface area (TPSA) is 86.8 Å². The van der Waals surface area contributed by atoms with Crippen LogP contribution < -0.4 is 9.62 Å². The summed E-state index contributed by atoms with van der Waals surface area (Å²) in [5, 5.41) is 3.67. The molecule has 3 aromatic rings. The Balaban J connectivity index is 2.12. The van der Waals surface area contributed by atoms with Crippen LogP contribution in [0.2, 0.25) is 10.0 Å². The molecule has 3 aromatic carbocycles. The van der Waals surface area contributed by atoms with Gasteiger partial charge in [0.05, 0.1) is 22.0 Å². The Morgan fingerprint density at radius 2 is 1.54 bits per heavy atom. The number of para-hydroxylation sites is 1. The molecule has 1 N–H and O–H groups in total. The summed E-state index contributed by atoms with van der Waals surface area (Å²) < 4.78 is 27.2. The monoisotopic (exact) mass is 617 g/mol. The Hall–Kier alpha value is -3.07. The molecule has 41 heavy (non-hydrogen) atoms. The first-order valence-electron chi connectivity index (χ1n) is 13.3. The largest absolute Gasteiger partial charge is 0.350 e. The molecule has 0 fully saturated rings. The van der Waals surface area contributed by atoms with Crippen molar-refractivity contribution in [3.8, 4) is 0 Å². The molecule has 220 valence electrons. The molecule has 0 spiro atoms. The summed E-state index contributed by atoms with van der Waals surface area (Å²) in [5.74, 6) is -0.882. The minimum Gasteiger partial charge on any atom is -0.350 e. The fourth-order valence-electron chi connectivity index (χ4n) is 4.49. The molecular weight excluding hydrogens is 581 g/mol. The summed E-state index contributed by atoms with van der Waals surface area (Å²) in [4.78, 5) is 29.4. The van der Waals surface area contributed by atoms with E-state index in [2.05, 4.69) is 5.32 Å². The van der Waals surface area contributed by atoms with Crippen molar-refractivity contribution in [2.24, 2.45) is 0 Å². The molecule has 0 radical (unpaired) electrons. The molecule has 0 aliphatic heterocycles. The van der Waals surface area contributed by atoms with E-state index in [9.17, 15) is 18.0 Å². The van der Waals surface area contributed by atoms with Crippen molar-refractivity contribution in [3.05, 3.63) is 99.5 Å². The number of anilines is 1. The van der Waals surface area contributed by atoms with Gasteiger partial charge in [-0.2, -0.15) is 0 Å². The van der Waals surface area contributed by atoms with Gasteiger partial charge in [-0.15, -0.1) is 0 Å². The quantitative estimate of drug-likeness (QED) is 0.291. The molecule has 0 saturated heterocycles. The second kappa shape index (κ2) is 13.7. The van der Waals surface area contributed by atoms with Gasteiger partial charge >= 0.3 is 0 Å². The SMILES string of the molecule is CCc1ccccc1N(CC(=O)N(Cc1ccc(Cl)c(Cl)c1)[C@@H](Cc1ccccc1)C(=O)NC(C)(C)C)S(C)(=O)=O. The molecule has 0 heterocycles. The number of aryl methyl sites for hydroxylation is 1. The highest BCUT2D eigenvalue weighted by molar-refractivity contribution is 7.92. The van der Waals surface area contributed by atoms with Crippen LogP contribution in [-0.2, 0) is 39.0 Å². The van der Waals surface area contributed by atoms with Crippen molar-refractivity contribution >= 4 is 50.7 Å². The zero-order valence-electron chi connectivity index (χ0n) is 24.0. The highest BCUT2D eigenvalue weighted by atomic mass is 35.5. The van der Waals surface area contributed by atoms with E-state index < -0.39 is 34.1 Å². The van der Waals surface area contributed by atoms with Crippen molar-refractivity contribution in [2.45, 2.75) is 58.7 Å². The van der Waals surface area contributed by atoms with E-state index in [1.807, 2.05) is 70.2 Å².